The molecule has 0 radical (unpaired) electrons. The van der Waals surface area contributed by atoms with Gasteiger partial charge in [-0.3, -0.25) is 0 Å². The maximum Gasteiger partial charge on any atom is 0.169 e. The highest BCUT2D eigenvalue weighted by Crippen LogP contribution is 2.43. The molecular weight excluding hydrogens is 434 g/mol. The number of benzene rings is 4. The summed E-state index contributed by atoms with van der Waals surface area (Å²) in [7, 11) is 3.78. The van der Waals surface area contributed by atoms with Crippen LogP contribution >= 0.6 is 0 Å². The van der Waals surface area contributed by atoms with Crippen LogP contribution in [-0.4, -0.2) is 19.1 Å². The van der Waals surface area contributed by atoms with Gasteiger partial charge in [-0.05, 0) is 40.5 Å². The highest BCUT2D eigenvalue weighted by atomic mass is 16.5. The van der Waals surface area contributed by atoms with Gasteiger partial charge >= 0.3 is 0 Å². The van der Waals surface area contributed by atoms with Crippen LogP contribution in [0.3, 0.4) is 0 Å². The highest BCUT2D eigenvalue weighted by Gasteiger charge is 2.24. The van der Waals surface area contributed by atoms with Crippen molar-refractivity contribution in [1.29, 1.82) is 0 Å². The summed E-state index contributed by atoms with van der Waals surface area (Å²) < 4.78 is 18.1. The molecule has 0 fully saturated rings. The first kappa shape index (κ1) is 22.6. The molecule has 4 nitrogen and oxygen atoms in total. The van der Waals surface area contributed by atoms with Crippen LogP contribution in [0.5, 0.6) is 17.2 Å². The summed E-state index contributed by atoms with van der Waals surface area (Å²) in [4.78, 5) is 2.20. The van der Waals surface area contributed by atoms with Crippen LogP contribution in [0.2, 0.25) is 0 Å². The van der Waals surface area contributed by atoms with Crippen molar-refractivity contribution in [3.63, 3.8) is 0 Å². The molecule has 0 spiro atoms. The fourth-order valence-corrected chi connectivity index (χ4v) is 4.35. The first-order valence-electron chi connectivity index (χ1n) is 11.8. The lowest BCUT2D eigenvalue weighted by Gasteiger charge is -2.28. The average molecular weight is 464 g/mol. The van der Waals surface area contributed by atoms with E-state index in [1.54, 1.807) is 7.11 Å². The van der Waals surface area contributed by atoms with Crippen LogP contribution in [0, 0.1) is 0 Å². The standard InChI is InChI=1S/C31H29NO3/c1-32-19-26-15-18-29(33-2)31(35-22-24-11-7-4-8-12-24)30(26)28(20-32)25-13-16-27(17-14-25)34-21-23-9-5-3-6-10-23/h3-18,20H,19,21-22H2,1-2H3. The van der Waals surface area contributed by atoms with Crippen molar-refractivity contribution in [2.24, 2.45) is 0 Å². The molecule has 1 aliphatic heterocycles. The van der Waals surface area contributed by atoms with Gasteiger partial charge in [0.25, 0.3) is 0 Å². The molecular formula is C31H29NO3. The number of nitrogens with zero attached hydrogens (tertiary/aromatic N) is 1. The largest absolute Gasteiger partial charge is 0.493 e. The van der Waals surface area contributed by atoms with Gasteiger partial charge < -0.3 is 19.1 Å². The predicted molar refractivity (Wildman–Crippen MR) is 140 cm³/mol. The molecule has 1 aliphatic rings. The summed E-state index contributed by atoms with van der Waals surface area (Å²) in [5.74, 6) is 2.35. The van der Waals surface area contributed by atoms with Crippen molar-refractivity contribution < 1.29 is 14.2 Å². The van der Waals surface area contributed by atoms with E-state index in [1.165, 1.54) is 5.56 Å². The van der Waals surface area contributed by atoms with E-state index in [9.17, 15) is 0 Å². The summed E-state index contributed by atoms with van der Waals surface area (Å²) in [6, 6.07) is 32.8. The van der Waals surface area contributed by atoms with E-state index in [0.29, 0.717) is 13.2 Å². The number of hydrogen-bond donors (Lipinski definition) is 0. The minimum Gasteiger partial charge on any atom is -0.493 e. The Hall–Kier alpha value is -4.18. The van der Waals surface area contributed by atoms with Crippen LogP contribution in [0.25, 0.3) is 5.57 Å². The van der Waals surface area contributed by atoms with E-state index < -0.39 is 0 Å². The van der Waals surface area contributed by atoms with E-state index in [2.05, 4.69) is 60.6 Å². The third-order valence-corrected chi connectivity index (χ3v) is 6.11. The van der Waals surface area contributed by atoms with Crippen molar-refractivity contribution >= 4 is 5.57 Å². The quantitative estimate of drug-likeness (QED) is 0.291. The molecule has 35 heavy (non-hydrogen) atoms. The van der Waals surface area contributed by atoms with Gasteiger partial charge in [-0.1, -0.05) is 78.9 Å². The molecule has 0 bridgehead atoms. The molecule has 0 aliphatic carbocycles. The van der Waals surface area contributed by atoms with Gasteiger partial charge in [0.1, 0.15) is 19.0 Å². The second-order valence-corrected chi connectivity index (χ2v) is 8.66. The maximum atomic E-state index is 6.40. The Morgan fingerprint density at radius 1 is 0.714 bits per heavy atom. The molecule has 0 saturated heterocycles. The van der Waals surface area contributed by atoms with Crippen LogP contribution < -0.4 is 14.2 Å². The number of hydrogen-bond acceptors (Lipinski definition) is 4. The van der Waals surface area contributed by atoms with Crippen LogP contribution in [0.4, 0.5) is 0 Å². The molecule has 0 saturated carbocycles. The van der Waals surface area contributed by atoms with Crippen molar-refractivity contribution in [1.82, 2.24) is 4.90 Å². The van der Waals surface area contributed by atoms with Gasteiger partial charge in [0.05, 0.1) is 7.11 Å². The van der Waals surface area contributed by atoms with Crippen LogP contribution in [-0.2, 0) is 19.8 Å². The van der Waals surface area contributed by atoms with Crippen molar-refractivity contribution in [3.05, 3.63) is 131 Å². The molecule has 0 unspecified atom stereocenters. The lowest BCUT2D eigenvalue weighted by molar-refractivity contribution is 0.282. The van der Waals surface area contributed by atoms with Gasteiger partial charge in [-0.15, -0.1) is 0 Å². The Morgan fingerprint density at radius 3 is 1.97 bits per heavy atom. The Labute approximate surface area is 207 Å². The Morgan fingerprint density at radius 2 is 1.34 bits per heavy atom. The fourth-order valence-electron chi connectivity index (χ4n) is 4.35. The Bertz CT molecular complexity index is 1300. The summed E-state index contributed by atoms with van der Waals surface area (Å²) in [6.45, 7) is 1.83. The monoisotopic (exact) mass is 463 g/mol. The zero-order valence-electron chi connectivity index (χ0n) is 20.1. The Kier molecular flexibility index (Phi) is 6.71. The zero-order chi connectivity index (χ0) is 24.0. The van der Waals surface area contributed by atoms with E-state index in [4.69, 9.17) is 14.2 Å². The summed E-state index contributed by atoms with van der Waals surface area (Å²) in [5.41, 5.74) is 6.75. The molecule has 0 aromatic heterocycles. The number of methoxy groups -OCH3 is 1. The third kappa shape index (κ3) is 5.17. The van der Waals surface area contributed by atoms with Crippen molar-refractivity contribution in [2.45, 2.75) is 19.8 Å². The molecule has 5 rings (SSSR count). The topological polar surface area (TPSA) is 30.9 Å². The number of ether oxygens (including phenoxy) is 3. The van der Waals surface area contributed by atoms with Gasteiger partial charge in [0.15, 0.2) is 11.5 Å². The lowest BCUT2D eigenvalue weighted by Crippen LogP contribution is -2.18. The number of fused-ring (bicyclic) bond motifs is 1. The number of rotatable bonds is 8. The van der Waals surface area contributed by atoms with Crippen LogP contribution in [0.1, 0.15) is 27.8 Å². The first-order chi connectivity index (χ1) is 17.2. The molecule has 4 aromatic carbocycles. The van der Waals surface area contributed by atoms with Gasteiger partial charge in [0.2, 0.25) is 0 Å². The maximum absolute atomic E-state index is 6.40. The van der Waals surface area contributed by atoms with E-state index in [1.807, 2.05) is 54.6 Å². The first-order valence-corrected chi connectivity index (χ1v) is 11.8. The molecule has 1 heterocycles. The van der Waals surface area contributed by atoms with Gasteiger partial charge in [0, 0.05) is 30.9 Å². The minimum atomic E-state index is 0.475. The summed E-state index contributed by atoms with van der Waals surface area (Å²) in [5, 5.41) is 0. The average Bonchev–Trinajstić information content (AvgIpc) is 2.91. The zero-order valence-corrected chi connectivity index (χ0v) is 20.1. The van der Waals surface area contributed by atoms with E-state index in [0.717, 1.165) is 51.6 Å². The lowest BCUT2D eigenvalue weighted by atomic mass is 9.90. The van der Waals surface area contributed by atoms with E-state index in [-0.39, 0.29) is 0 Å². The summed E-state index contributed by atoms with van der Waals surface area (Å²) >= 11 is 0. The normalized spacial score (nSPS) is 12.5. The SMILES string of the molecule is COc1ccc2c(c1OCc1ccccc1)C(c1ccc(OCc3ccccc3)cc1)=CN(C)C2. The smallest absolute Gasteiger partial charge is 0.169 e. The third-order valence-electron chi connectivity index (χ3n) is 6.11. The highest BCUT2D eigenvalue weighted by molar-refractivity contribution is 5.86. The minimum absolute atomic E-state index is 0.475. The molecule has 4 aromatic rings. The van der Waals surface area contributed by atoms with E-state index >= 15 is 0 Å². The van der Waals surface area contributed by atoms with Crippen molar-refractivity contribution in [2.75, 3.05) is 14.2 Å². The van der Waals surface area contributed by atoms with Gasteiger partial charge in [-0.25, -0.2) is 0 Å². The van der Waals surface area contributed by atoms with Crippen LogP contribution in [0.15, 0.2) is 103 Å². The molecule has 176 valence electrons. The second-order valence-electron chi connectivity index (χ2n) is 8.66. The molecule has 4 heteroatoms. The van der Waals surface area contributed by atoms with Crippen molar-refractivity contribution in [3.8, 4) is 17.2 Å². The molecule has 0 amide bonds. The second kappa shape index (κ2) is 10.4. The summed E-state index contributed by atoms with van der Waals surface area (Å²) in [6.07, 6.45) is 2.18. The van der Waals surface area contributed by atoms with Gasteiger partial charge in [-0.2, -0.15) is 0 Å². The Balaban J connectivity index is 1.44. The predicted octanol–water partition coefficient (Wildman–Crippen LogP) is 6.69. The molecule has 0 atom stereocenters. The molecule has 0 N–H and O–H groups in total. The fraction of sp³-hybridized carbons (Fsp3) is 0.161.